The zero-order valence-corrected chi connectivity index (χ0v) is 15.7. The minimum atomic E-state index is -0.434. The van der Waals surface area contributed by atoms with E-state index in [9.17, 15) is 14.0 Å². The van der Waals surface area contributed by atoms with Crippen LogP contribution in [0, 0.1) is 5.82 Å². The van der Waals surface area contributed by atoms with Crippen molar-refractivity contribution in [2.24, 2.45) is 0 Å². The third-order valence-corrected chi connectivity index (χ3v) is 4.28. The standard InChI is InChI=1S/C19H20FN3O5/c1-26-15-8-11(9-16(27-2)17(15)28-3)18(24)21-6-7-23-14-5-4-12(20)10-13(14)22-19(23)25/h4-5,8-10H,6-7H2,1-3H3,(H,21,24)(H,22,25). The van der Waals surface area contributed by atoms with Gasteiger partial charge in [-0.2, -0.15) is 0 Å². The summed E-state index contributed by atoms with van der Waals surface area (Å²) in [6.07, 6.45) is 0. The van der Waals surface area contributed by atoms with Crippen LogP contribution in [0.2, 0.25) is 0 Å². The number of rotatable bonds is 7. The molecule has 1 heterocycles. The van der Waals surface area contributed by atoms with Gasteiger partial charge in [-0.05, 0) is 30.3 Å². The summed E-state index contributed by atoms with van der Waals surface area (Å²) in [5.41, 5.74) is 0.917. The topological polar surface area (TPSA) is 94.6 Å². The molecule has 0 radical (unpaired) electrons. The number of fused-ring (bicyclic) bond motifs is 1. The largest absolute Gasteiger partial charge is 0.493 e. The fourth-order valence-electron chi connectivity index (χ4n) is 2.95. The quantitative estimate of drug-likeness (QED) is 0.644. The van der Waals surface area contributed by atoms with Gasteiger partial charge in [0, 0.05) is 18.7 Å². The lowest BCUT2D eigenvalue weighted by atomic mass is 10.1. The molecule has 0 bridgehead atoms. The van der Waals surface area contributed by atoms with Gasteiger partial charge in [0.05, 0.1) is 32.4 Å². The lowest BCUT2D eigenvalue weighted by Crippen LogP contribution is -2.30. The second kappa shape index (κ2) is 8.03. The van der Waals surface area contributed by atoms with E-state index in [-0.39, 0.29) is 24.7 Å². The van der Waals surface area contributed by atoms with Crippen molar-refractivity contribution in [1.29, 1.82) is 0 Å². The number of hydrogen-bond donors (Lipinski definition) is 2. The number of halogens is 1. The number of carbonyl (C=O) groups is 1. The van der Waals surface area contributed by atoms with Crippen molar-refractivity contribution in [1.82, 2.24) is 14.9 Å². The number of nitrogens with one attached hydrogen (secondary N) is 2. The molecule has 1 amide bonds. The van der Waals surface area contributed by atoms with Crippen LogP contribution in [0.4, 0.5) is 4.39 Å². The molecule has 8 nitrogen and oxygen atoms in total. The van der Waals surface area contributed by atoms with Gasteiger partial charge >= 0.3 is 5.69 Å². The molecule has 2 aromatic carbocycles. The van der Waals surface area contributed by atoms with Crippen LogP contribution in [0.1, 0.15) is 10.4 Å². The third-order valence-electron chi connectivity index (χ3n) is 4.28. The summed E-state index contributed by atoms with van der Waals surface area (Å²) in [6.45, 7) is 0.417. The number of ether oxygens (including phenoxy) is 3. The zero-order valence-electron chi connectivity index (χ0n) is 15.7. The maximum absolute atomic E-state index is 13.3. The first-order chi connectivity index (χ1) is 13.5. The Labute approximate surface area is 159 Å². The van der Waals surface area contributed by atoms with Crippen molar-refractivity contribution in [3.8, 4) is 17.2 Å². The van der Waals surface area contributed by atoms with Gasteiger partial charge in [0.1, 0.15) is 5.82 Å². The zero-order chi connectivity index (χ0) is 20.3. The number of carbonyl (C=O) groups excluding carboxylic acids is 1. The molecule has 148 valence electrons. The molecule has 0 spiro atoms. The molecule has 0 saturated heterocycles. The van der Waals surface area contributed by atoms with Gasteiger partial charge in [-0.25, -0.2) is 9.18 Å². The van der Waals surface area contributed by atoms with E-state index in [2.05, 4.69) is 10.3 Å². The molecular weight excluding hydrogens is 369 g/mol. The Morgan fingerprint density at radius 1 is 1.11 bits per heavy atom. The lowest BCUT2D eigenvalue weighted by molar-refractivity contribution is 0.0951. The molecule has 0 aliphatic heterocycles. The summed E-state index contributed by atoms with van der Waals surface area (Å²) < 4.78 is 30.4. The van der Waals surface area contributed by atoms with E-state index >= 15 is 0 Å². The van der Waals surface area contributed by atoms with Crippen molar-refractivity contribution in [2.75, 3.05) is 27.9 Å². The van der Waals surface area contributed by atoms with Crippen LogP contribution >= 0.6 is 0 Å². The molecule has 3 rings (SSSR count). The van der Waals surface area contributed by atoms with Crippen LogP contribution in [-0.2, 0) is 6.54 Å². The van der Waals surface area contributed by atoms with Gasteiger partial charge < -0.3 is 24.5 Å². The molecule has 3 aromatic rings. The van der Waals surface area contributed by atoms with Gasteiger partial charge in [0.2, 0.25) is 5.75 Å². The number of imidazole rings is 1. The third kappa shape index (κ3) is 3.64. The van der Waals surface area contributed by atoms with Crippen molar-refractivity contribution in [3.05, 3.63) is 52.2 Å². The van der Waals surface area contributed by atoms with E-state index < -0.39 is 5.82 Å². The first kappa shape index (κ1) is 19.3. The Kier molecular flexibility index (Phi) is 5.53. The second-order valence-electron chi connectivity index (χ2n) is 5.91. The number of methoxy groups -OCH3 is 3. The minimum absolute atomic E-state index is 0.194. The van der Waals surface area contributed by atoms with Gasteiger partial charge in [0.15, 0.2) is 11.5 Å². The molecule has 2 N–H and O–H groups in total. The maximum Gasteiger partial charge on any atom is 0.326 e. The Bertz CT molecular complexity index is 1050. The Hall–Kier alpha value is -3.49. The molecule has 0 atom stereocenters. The average Bonchev–Trinajstić information content (AvgIpc) is 3.00. The van der Waals surface area contributed by atoms with Crippen LogP contribution in [0.5, 0.6) is 17.2 Å². The first-order valence-corrected chi connectivity index (χ1v) is 8.44. The first-order valence-electron chi connectivity index (χ1n) is 8.44. The van der Waals surface area contributed by atoms with Gasteiger partial charge in [-0.15, -0.1) is 0 Å². The summed E-state index contributed by atoms with van der Waals surface area (Å²) in [5.74, 6) is 0.317. The molecule has 0 aliphatic carbocycles. The van der Waals surface area contributed by atoms with Gasteiger partial charge in [-0.1, -0.05) is 0 Å². The lowest BCUT2D eigenvalue weighted by Gasteiger charge is -2.14. The highest BCUT2D eigenvalue weighted by Gasteiger charge is 2.17. The highest BCUT2D eigenvalue weighted by atomic mass is 19.1. The molecule has 0 aliphatic rings. The van der Waals surface area contributed by atoms with Crippen LogP contribution in [0.25, 0.3) is 11.0 Å². The van der Waals surface area contributed by atoms with E-state index in [1.54, 1.807) is 0 Å². The Balaban J connectivity index is 1.75. The summed E-state index contributed by atoms with van der Waals surface area (Å²) in [5, 5.41) is 2.74. The molecular formula is C19H20FN3O5. The number of H-pyrrole nitrogens is 1. The molecule has 0 unspecified atom stereocenters. The summed E-state index contributed by atoms with van der Waals surface area (Å²) >= 11 is 0. The van der Waals surface area contributed by atoms with E-state index in [0.717, 1.165) is 0 Å². The summed E-state index contributed by atoms with van der Waals surface area (Å²) in [6, 6.07) is 7.13. The van der Waals surface area contributed by atoms with E-state index in [1.165, 1.54) is 56.2 Å². The average molecular weight is 389 g/mol. The number of benzene rings is 2. The Morgan fingerprint density at radius 2 is 1.79 bits per heavy atom. The number of aromatic amines is 1. The number of aromatic nitrogens is 2. The highest BCUT2D eigenvalue weighted by molar-refractivity contribution is 5.95. The minimum Gasteiger partial charge on any atom is -0.493 e. The smallest absolute Gasteiger partial charge is 0.326 e. The van der Waals surface area contributed by atoms with Crippen molar-refractivity contribution < 1.29 is 23.4 Å². The molecule has 0 saturated carbocycles. The predicted octanol–water partition coefficient (Wildman–Crippen LogP) is 1.92. The van der Waals surface area contributed by atoms with Gasteiger partial charge in [0.25, 0.3) is 5.91 Å². The van der Waals surface area contributed by atoms with E-state index in [4.69, 9.17) is 14.2 Å². The number of amides is 1. The normalized spacial score (nSPS) is 10.7. The SMILES string of the molecule is COc1cc(C(=O)NCCn2c(=O)[nH]c3cc(F)ccc32)cc(OC)c1OC. The van der Waals surface area contributed by atoms with Gasteiger partial charge in [-0.3, -0.25) is 9.36 Å². The number of nitrogens with zero attached hydrogens (tertiary/aromatic N) is 1. The summed E-state index contributed by atoms with van der Waals surface area (Å²) in [4.78, 5) is 27.1. The molecule has 0 fully saturated rings. The molecule has 1 aromatic heterocycles. The van der Waals surface area contributed by atoms with E-state index in [1.807, 2.05) is 0 Å². The van der Waals surface area contributed by atoms with Crippen molar-refractivity contribution >= 4 is 16.9 Å². The Morgan fingerprint density at radius 3 is 2.39 bits per heavy atom. The maximum atomic E-state index is 13.3. The monoisotopic (exact) mass is 389 g/mol. The highest BCUT2D eigenvalue weighted by Crippen LogP contribution is 2.38. The van der Waals surface area contributed by atoms with E-state index in [0.29, 0.717) is 33.8 Å². The summed E-state index contributed by atoms with van der Waals surface area (Å²) in [7, 11) is 4.40. The number of hydrogen-bond acceptors (Lipinski definition) is 5. The van der Waals surface area contributed by atoms with Crippen LogP contribution in [-0.4, -0.2) is 43.3 Å². The van der Waals surface area contributed by atoms with Crippen LogP contribution in [0.3, 0.4) is 0 Å². The van der Waals surface area contributed by atoms with Crippen molar-refractivity contribution in [3.63, 3.8) is 0 Å². The predicted molar refractivity (Wildman–Crippen MR) is 101 cm³/mol. The molecule has 9 heteroatoms. The van der Waals surface area contributed by atoms with Crippen LogP contribution < -0.4 is 25.2 Å². The fourth-order valence-corrected chi connectivity index (χ4v) is 2.95. The second-order valence-corrected chi connectivity index (χ2v) is 5.91. The van der Waals surface area contributed by atoms with Crippen molar-refractivity contribution in [2.45, 2.75) is 6.54 Å². The van der Waals surface area contributed by atoms with Crippen LogP contribution in [0.15, 0.2) is 35.1 Å². The molecule has 28 heavy (non-hydrogen) atoms. The fraction of sp³-hybridized carbons (Fsp3) is 0.263.